The summed E-state index contributed by atoms with van der Waals surface area (Å²) in [6.45, 7) is 1.20. The lowest BCUT2D eigenvalue weighted by Gasteiger charge is -2.05. The molecule has 0 atom stereocenters. The Labute approximate surface area is 161 Å². The molecule has 0 spiro atoms. The van der Waals surface area contributed by atoms with E-state index < -0.39 is 30.1 Å². The van der Waals surface area contributed by atoms with Crippen LogP contribution in [-0.2, 0) is 24.1 Å². The van der Waals surface area contributed by atoms with Gasteiger partial charge in [0.2, 0.25) is 5.91 Å². The van der Waals surface area contributed by atoms with Gasteiger partial charge in [0.25, 0.3) is 0 Å². The number of hydrogen-bond acceptors (Lipinski definition) is 3. The average Bonchev–Trinajstić information content (AvgIpc) is 3.10. The van der Waals surface area contributed by atoms with Gasteiger partial charge in [-0.1, -0.05) is 23.7 Å². The molecule has 6 nitrogen and oxygen atoms in total. The number of benzene rings is 1. The van der Waals surface area contributed by atoms with Crippen molar-refractivity contribution in [1.29, 1.82) is 0 Å². The number of amides is 1. The predicted octanol–water partition coefficient (Wildman–Crippen LogP) is 3.89. The van der Waals surface area contributed by atoms with E-state index in [0.717, 1.165) is 10.7 Å². The molecule has 11 heteroatoms. The third-order valence-corrected chi connectivity index (χ3v) is 4.05. The molecular weight excluding hydrogens is 402 g/mol. The van der Waals surface area contributed by atoms with Crippen LogP contribution in [0.25, 0.3) is 0 Å². The highest BCUT2D eigenvalue weighted by Crippen LogP contribution is 2.28. The second-order valence-electron chi connectivity index (χ2n) is 6.03. The molecule has 0 saturated carbocycles. The van der Waals surface area contributed by atoms with Crippen molar-refractivity contribution < 1.29 is 22.4 Å². The molecule has 0 fully saturated rings. The number of nitrogens with one attached hydrogen (secondary N) is 1. The van der Waals surface area contributed by atoms with Crippen LogP contribution in [0.3, 0.4) is 0 Å². The summed E-state index contributed by atoms with van der Waals surface area (Å²) in [5.41, 5.74) is -0.246. The van der Waals surface area contributed by atoms with E-state index in [1.807, 2.05) is 0 Å². The summed E-state index contributed by atoms with van der Waals surface area (Å²) < 4.78 is 53.7. The lowest BCUT2D eigenvalue weighted by molar-refractivity contribution is -0.141. The molecule has 2 heterocycles. The molecule has 1 N–H and O–H groups in total. The number of aryl methyl sites for hydroxylation is 1. The maximum Gasteiger partial charge on any atom is 0.435 e. The van der Waals surface area contributed by atoms with Crippen molar-refractivity contribution in [3.63, 3.8) is 0 Å². The van der Waals surface area contributed by atoms with E-state index >= 15 is 0 Å². The highest BCUT2D eigenvalue weighted by molar-refractivity contribution is 6.33. The van der Waals surface area contributed by atoms with Gasteiger partial charge in [-0.2, -0.15) is 23.4 Å². The van der Waals surface area contributed by atoms with Gasteiger partial charge in [0.05, 0.1) is 6.54 Å². The van der Waals surface area contributed by atoms with Gasteiger partial charge in [-0.3, -0.25) is 14.2 Å². The van der Waals surface area contributed by atoms with Gasteiger partial charge in [-0.15, -0.1) is 0 Å². The fourth-order valence-electron chi connectivity index (χ4n) is 2.50. The van der Waals surface area contributed by atoms with E-state index in [-0.39, 0.29) is 23.1 Å². The van der Waals surface area contributed by atoms with Gasteiger partial charge in [0, 0.05) is 11.9 Å². The average molecular weight is 416 g/mol. The van der Waals surface area contributed by atoms with Crippen molar-refractivity contribution in [2.45, 2.75) is 26.2 Å². The van der Waals surface area contributed by atoms with Crippen LogP contribution in [0, 0.1) is 12.7 Å². The number of carbonyl (C=O) groups is 1. The van der Waals surface area contributed by atoms with Crippen LogP contribution in [0.5, 0.6) is 0 Å². The Bertz CT molecular complexity index is 1010. The zero-order valence-corrected chi connectivity index (χ0v) is 15.2. The second kappa shape index (κ2) is 7.63. The number of anilines is 1. The molecule has 3 aromatic rings. The van der Waals surface area contributed by atoms with Gasteiger partial charge in [-0.25, -0.2) is 4.39 Å². The summed E-state index contributed by atoms with van der Waals surface area (Å²) in [6.07, 6.45) is -3.14. The maximum absolute atomic E-state index is 13.3. The zero-order chi connectivity index (χ0) is 20.5. The van der Waals surface area contributed by atoms with Crippen LogP contribution in [0.1, 0.15) is 17.0 Å². The number of halogens is 5. The van der Waals surface area contributed by atoms with E-state index in [4.69, 9.17) is 11.6 Å². The predicted molar refractivity (Wildman–Crippen MR) is 93.3 cm³/mol. The number of rotatable bonds is 5. The molecule has 0 aliphatic rings. The second-order valence-corrected chi connectivity index (χ2v) is 6.43. The minimum Gasteiger partial charge on any atom is -0.306 e. The first-order valence-electron chi connectivity index (χ1n) is 8.01. The van der Waals surface area contributed by atoms with Crippen molar-refractivity contribution in [2.75, 3.05) is 5.32 Å². The summed E-state index contributed by atoms with van der Waals surface area (Å²) >= 11 is 6.04. The van der Waals surface area contributed by atoms with E-state index in [1.54, 1.807) is 12.1 Å². The van der Waals surface area contributed by atoms with Crippen molar-refractivity contribution in [1.82, 2.24) is 19.6 Å². The van der Waals surface area contributed by atoms with Gasteiger partial charge >= 0.3 is 6.18 Å². The molecule has 28 heavy (non-hydrogen) atoms. The van der Waals surface area contributed by atoms with Crippen LogP contribution in [0.15, 0.2) is 36.5 Å². The Morgan fingerprint density at radius 3 is 2.64 bits per heavy atom. The molecule has 148 valence electrons. The highest BCUT2D eigenvalue weighted by atomic mass is 35.5. The third-order valence-electron chi connectivity index (χ3n) is 3.77. The molecule has 3 rings (SSSR count). The lowest BCUT2D eigenvalue weighted by atomic mass is 10.2. The fraction of sp³-hybridized carbons (Fsp3) is 0.235. The topological polar surface area (TPSA) is 64.7 Å². The molecule has 0 saturated heterocycles. The molecule has 0 bridgehead atoms. The monoisotopic (exact) mass is 415 g/mol. The SMILES string of the molecule is Cc1cc(C(F)(F)F)nn1CC(=O)Nc1nn(Cc2cccc(F)c2)cc1Cl. The fourth-order valence-corrected chi connectivity index (χ4v) is 2.70. The number of hydrogen-bond donors (Lipinski definition) is 1. The van der Waals surface area contributed by atoms with E-state index in [1.165, 1.54) is 29.9 Å². The van der Waals surface area contributed by atoms with Crippen LogP contribution in [-0.4, -0.2) is 25.5 Å². The minimum atomic E-state index is -4.59. The Balaban J connectivity index is 1.68. The molecular formula is C17H14ClF4N5O. The van der Waals surface area contributed by atoms with Gasteiger partial charge < -0.3 is 5.32 Å². The number of aromatic nitrogens is 4. The van der Waals surface area contributed by atoms with Crippen LogP contribution >= 0.6 is 11.6 Å². The molecule has 1 aromatic carbocycles. The smallest absolute Gasteiger partial charge is 0.306 e. The molecule has 0 unspecified atom stereocenters. The van der Waals surface area contributed by atoms with Gasteiger partial charge in [0.1, 0.15) is 17.4 Å². The Hall–Kier alpha value is -2.88. The van der Waals surface area contributed by atoms with E-state index in [2.05, 4.69) is 15.5 Å². The van der Waals surface area contributed by atoms with Crippen molar-refractivity contribution in [3.05, 3.63) is 64.3 Å². The van der Waals surface area contributed by atoms with Gasteiger partial charge in [0.15, 0.2) is 11.5 Å². The summed E-state index contributed by atoms with van der Waals surface area (Å²) in [6, 6.07) is 6.77. The maximum atomic E-state index is 13.3. The standard InChI is InChI=1S/C17H14ClF4N5O/c1-10-5-14(17(20,21)22)24-27(10)9-15(28)23-16-13(18)8-26(25-16)7-11-3-2-4-12(19)6-11/h2-6,8H,7,9H2,1H3,(H,23,25,28). The normalized spacial score (nSPS) is 11.6. The Kier molecular flexibility index (Phi) is 5.41. The number of carbonyl (C=O) groups excluding carboxylic acids is 1. The summed E-state index contributed by atoms with van der Waals surface area (Å²) in [7, 11) is 0. The molecule has 0 aliphatic heterocycles. The first kappa shape index (κ1) is 19.9. The summed E-state index contributed by atoms with van der Waals surface area (Å²) in [4.78, 5) is 12.1. The minimum absolute atomic E-state index is 0.0453. The van der Waals surface area contributed by atoms with Crippen molar-refractivity contribution >= 4 is 23.3 Å². The molecule has 0 radical (unpaired) electrons. The van der Waals surface area contributed by atoms with Gasteiger partial charge in [-0.05, 0) is 30.7 Å². The quantitative estimate of drug-likeness (QED) is 0.643. The number of nitrogens with zero attached hydrogens (tertiary/aromatic N) is 4. The van der Waals surface area contributed by atoms with Crippen LogP contribution in [0.2, 0.25) is 5.02 Å². The lowest BCUT2D eigenvalue weighted by Crippen LogP contribution is -2.21. The number of alkyl halides is 3. The molecule has 2 aromatic heterocycles. The third kappa shape index (κ3) is 4.69. The van der Waals surface area contributed by atoms with Crippen molar-refractivity contribution in [3.8, 4) is 0 Å². The van der Waals surface area contributed by atoms with Crippen LogP contribution < -0.4 is 5.32 Å². The first-order valence-corrected chi connectivity index (χ1v) is 8.38. The Morgan fingerprint density at radius 2 is 2.00 bits per heavy atom. The molecule has 0 aliphatic carbocycles. The Morgan fingerprint density at radius 1 is 1.25 bits per heavy atom. The van der Waals surface area contributed by atoms with E-state index in [0.29, 0.717) is 5.56 Å². The van der Waals surface area contributed by atoms with E-state index in [9.17, 15) is 22.4 Å². The molecule has 1 amide bonds. The van der Waals surface area contributed by atoms with Crippen molar-refractivity contribution in [2.24, 2.45) is 0 Å². The largest absolute Gasteiger partial charge is 0.435 e. The zero-order valence-electron chi connectivity index (χ0n) is 14.5. The first-order chi connectivity index (χ1) is 13.1. The summed E-state index contributed by atoms with van der Waals surface area (Å²) in [5.74, 6) is -0.987. The summed E-state index contributed by atoms with van der Waals surface area (Å²) in [5, 5.41) is 10.1. The highest BCUT2D eigenvalue weighted by Gasteiger charge is 2.34. The van der Waals surface area contributed by atoms with Crippen LogP contribution in [0.4, 0.5) is 23.4 Å².